The summed E-state index contributed by atoms with van der Waals surface area (Å²) in [5, 5.41) is 27.8. The molecule has 0 saturated heterocycles. The molecular weight excluding hydrogens is 326 g/mol. The summed E-state index contributed by atoms with van der Waals surface area (Å²) in [4.78, 5) is 0. The predicted molar refractivity (Wildman–Crippen MR) is 91.8 cm³/mol. The summed E-state index contributed by atoms with van der Waals surface area (Å²) < 4.78 is 7.41. The third-order valence-corrected chi connectivity index (χ3v) is 4.61. The van der Waals surface area contributed by atoms with Crippen LogP contribution in [-0.4, -0.2) is 43.4 Å². The lowest BCUT2D eigenvalue weighted by Gasteiger charge is -2.10. The SMILES string of the molecule is Cc1cccc(-c2nnc(SCC(O)CO)n2Cc2ccco2)c1. The zero-order chi connectivity index (χ0) is 16.9. The molecule has 1 aromatic carbocycles. The Morgan fingerprint density at radius 3 is 2.83 bits per heavy atom. The lowest BCUT2D eigenvalue weighted by molar-refractivity contribution is 0.113. The Balaban J connectivity index is 1.94. The van der Waals surface area contributed by atoms with Crippen molar-refractivity contribution >= 4 is 11.8 Å². The summed E-state index contributed by atoms with van der Waals surface area (Å²) in [6, 6.07) is 11.8. The molecule has 24 heavy (non-hydrogen) atoms. The largest absolute Gasteiger partial charge is 0.467 e. The standard InChI is InChI=1S/C17H19N3O3S/c1-12-4-2-5-13(8-12)16-18-19-17(24-11-14(22)10-21)20(16)9-15-6-3-7-23-15/h2-8,14,21-22H,9-11H2,1H3. The molecule has 7 heteroatoms. The van der Waals surface area contributed by atoms with Crippen molar-refractivity contribution in [1.29, 1.82) is 0 Å². The van der Waals surface area contributed by atoms with Crippen molar-refractivity contribution in [2.45, 2.75) is 24.7 Å². The topological polar surface area (TPSA) is 84.3 Å². The van der Waals surface area contributed by atoms with E-state index in [4.69, 9.17) is 9.52 Å². The molecule has 2 N–H and O–H groups in total. The van der Waals surface area contributed by atoms with Crippen LogP contribution < -0.4 is 0 Å². The molecule has 0 aliphatic carbocycles. The molecule has 1 atom stereocenters. The number of aromatic nitrogens is 3. The van der Waals surface area contributed by atoms with E-state index in [1.807, 2.05) is 41.8 Å². The van der Waals surface area contributed by atoms with E-state index in [0.29, 0.717) is 17.5 Å². The number of thioether (sulfide) groups is 1. The van der Waals surface area contributed by atoms with Crippen LogP contribution in [0.1, 0.15) is 11.3 Å². The lowest BCUT2D eigenvalue weighted by Crippen LogP contribution is -2.15. The van der Waals surface area contributed by atoms with Crippen molar-refractivity contribution in [3.05, 3.63) is 54.0 Å². The average molecular weight is 345 g/mol. The Kier molecular flexibility index (Phi) is 5.34. The number of aliphatic hydroxyl groups excluding tert-OH is 2. The molecular formula is C17H19N3O3S. The minimum atomic E-state index is -0.786. The molecule has 0 aliphatic heterocycles. The van der Waals surface area contributed by atoms with Gasteiger partial charge >= 0.3 is 0 Å². The van der Waals surface area contributed by atoms with Gasteiger partial charge in [0.05, 0.1) is 25.5 Å². The highest BCUT2D eigenvalue weighted by Crippen LogP contribution is 2.26. The van der Waals surface area contributed by atoms with Crippen LogP contribution in [0.2, 0.25) is 0 Å². The Morgan fingerprint density at radius 2 is 2.12 bits per heavy atom. The molecule has 3 aromatic rings. The first-order valence-electron chi connectivity index (χ1n) is 7.61. The van der Waals surface area contributed by atoms with Gasteiger partial charge in [-0.25, -0.2) is 0 Å². The number of rotatable bonds is 7. The van der Waals surface area contributed by atoms with Crippen molar-refractivity contribution in [2.24, 2.45) is 0 Å². The van der Waals surface area contributed by atoms with E-state index < -0.39 is 6.10 Å². The van der Waals surface area contributed by atoms with E-state index in [2.05, 4.69) is 16.3 Å². The van der Waals surface area contributed by atoms with Gasteiger partial charge in [-0.2, -0.15) is 0 Å². The molecule has 3 rings (SSSR count). The van der Waals surface area contributed by atoms with E-state index in [1.54, 1.807) is 6.26 Å². The molecule has 2 heterocycles. The van der Waals surface area contributed by atoms with Gasteiger partial charge < -0.3 is 14.6 Å². The number of nitrogens with zero attached hydrogens (tertiary/aromatic N) is 3. The fourth-order valence-electron chi connectivity index (χ4n) is 2.32. The van der Waals surface area contributed by atoms with Crippen LogP contribution in [-0.2, 0) is 6.54 Å². The van der Waals surface area contributed by atoms with Crippen molar-refractivity contribution in [1.82, 2.24) is 14.8 Å². The van der Waals surface area contributed by atoms with Crippen molar-refractivity contribution in [3.63, 3.8) is 0 Å². The molecule has 0 bridgehead atoms. The fraction of sp³-hybridized carbons (Fsp3) is 0.294. The fourth-order valence-corrected chi connectivity index (χ4v) is 3.17. The minimum absolute atomic E-state index is 0.274. The third-order valence-electron chi connectivity index (χ3n) is 3.50. The van der Waals surface area contributed by atoms with Crippen molar-refractivity contribution < 1.29 is 14.6 Å². The summed E-state index contributed by atoms with van der Waals surface area (Å²) in [6.07, 6.45) is 0.847. The maximum absolute atomic E-state index is 9.58. The summed E-state index contributed by atoms with van der Waals surface area (Å²) in [6.45, 7) is 2.26. The maximum atomic E-state index is 9.58. The van der Waals surface area contributed by atoms with E-state index >= 15 is 0 Å². The van der Waals surface area contributed by atoms with Crippen LogP contribution >= 0.6 is 11.8 Å². The van der Waals surface area contributed by atoms with Crippen LogP contribution in [0, 0.1) is 6.92 Å². The molecule has 0 amide bonds. The monoisotopic (exact) mass is 345 g/mol. The van der Waals surface area contributed by atoms with Crippen LogP contribution in [0.15, 0.2) is 52.2 Å². The van der Waals surface area contributed by atoms with Gasteiger partial charge in [0, 0.05) is 11.3 Å². The van der Waals surface area contributed by atoms with Crippen LogP contribution in [0.3, 0.4) is 0 Å². The number of aryl methyl sites for hydroxylation is 1. The number of furan rings is 1. The Hall–Kier alpha value is -2.09. The first-order valence-corrected chi connectivity index (χ1v) is 8.60. The summed E-state index contributed by atoms with van der Waals surface area (Å²) in [7, 11) is 0. The van der Waals surface area contributed by atoms with Gasteiger partial charge in [-0.3, -0.25) is 4.57 Å². The quantitative estimate of drug-likeness (QED) is 0.640. The first-order chi connectivity index (χ1) is 11.7. The molecule has 6 nitrogen and oxygen atoms in total. The van der Waals surface area contributed by atoms with Gasteiger partial charge in [0.2, 0.25) is 0 Å². The van der Waals surface area contributed by atoms with E-state index in [0.717, 1.165) is 22.7 Å². The average Bonchev–Trinajstić information content (AvgIpc) is 3.23. The van der Waals surface area contributed by atoms with Gasteiger partial charge in [-0.1, -0.05) is 35.5 Å². The highest BCUT2D eigenvalue weighted by atomic mass is 32.2. The number of hydrogen-bond acceptors (Lipinski definition) is 6. The minimum Gasteiger partial charge on any atom is -0.467 e. The molecule has 0 aliphatic rings. The number of benzene rings is 1. The van der Waals surface area contributed by atoms with E-state index in [-0.39, 0.29) is 6.61 Å². The second kappa shape index (κ2) is 7.65. The zero-order valence-corrected chi connectivity index (χ0v) is 14.1. The van der Waals surface area contributed by atoms with Crippen molar-refractivity contribution in [2.75, 3.05) is 12.4 Å². The van der Waals surface area contributed by atoms with Crippen LogP contribution in [0.25, 0.3) is 11.4 Å². The molecule has 1 unspecified atom stereocenters. The smallest absolute Gasteiger partial charge is 0.192 e. The predicted octanol–water partition coefficient (Wildman–Crippen LogP) is 2.34. The normalized spacial score (nSPS) is 12.5. The van der Waals surface area contributed by atoms with Gasteiger partial charge in [-0.05, 0) is 25.1 Å². The Bertz CT molecular complexity index is 786. The lowest BCUT2D eigenvalue weighted by atomic mass is 10.1. The third kappa shape index (κ3) is 3.87. The summed E-state index contributed by atoms with van der Waals surface area (Å²) >= 11 is 1.36. The molecule has 126 valence electrons. The number of hydrogen-bond donors (Lipinski definition) is 2. The number of aliphatic hydroxyl groups is 2. The Labute approximate surface area is 144 Å². The van der Waals surface area contributed by atoms with Crippen LogP contribution in [0.5, 0.6) is 0 Å². The maximum Gasteiger partial charge on any atom is 0.192 e. The first kappa shape index (κ1) is 16.8. The second-order valence-electron chi connectivity index (χ2n) is 5.49. The molecule has 0 saturated carbocycles. The van der Waals surface area contributed by atoms with Gasteiger partial charge in [0.25, 0.3) is 0 Å². The molecule has 0 spiro atoms. The highest BCUT2D eigenvalue weighted by Gasteiger charge is 2.17. The van der Waals surface area contributed by atoms with Crippen LogP contribution in [0.4, 0.5) is 0 Å². The second-order valence-corrected chi connectivity index (χ2v) is 6.48. The molecule has 2 aromatic heterocycles. The van der Waals surface area contributed by atoms with Gasteiger partial charge in [0.1, 0.15) is 5.76 Å². The molecule has 0 radical (unpaired) electrons. The van der Waals surface area contributed by atoms with Gasteiger partial charge in [-0.15, -0.1) is 10.2 Å². The zero-order valence-electron chi connectivity index (χ0n) is 13.3. The summed E-state index contributed by atoms with van der Waals surface area (Å²) in [5.74, 6) is 1.89. The van der Waals surface area contributed by atoms with E-state index in [1.165, 1.54) is 11.8 Å². The van der Waals surface area contributed by atoms with E-state index in [9.17, 15) is 5.11 Å². The molecule has 0 fully saturated rings. The summed E-state index contributed by atoms with van der Waals surface area (Å²) in [5.41, 5.74) is 2.12. The Morgan fingerprint density at radius 1 is 1.25 bits per heavy atom. The van der Waals surface area contributed by atoms with Gasteiger partial charge in [0.15, 0.2) is 11.0 Å². The van der Waals surface area contributed by atoms with Crippen molar-refractivity contribution in [3.8, 4) is 11.4 Å². The highest BCUT2D eigenvalue weighted by molar-refractivity contribution is 7.99.